The van der Waals surface area contributed by atoms with Crippen molar-refractivity contribution in [1.29, 1.82) is 0 Å². The van der Waals surface area contributed by atoms with E-state index in [0.29, 0.717) is 36.7 Å². The van der Waals surface area contributed by atoms with E-state index in [1.807, 2.05) is 10.8 Å². The number of imidazole rings is 1. The molecule has 8 heteroatoms. The molecule has 0 spiro atoms. The number of nitrogens with one attached hydrogen (secondary N) is 1. The fraction of sp³-hybridized carbons (Fsp3) is 0.444. The lowest BCUT2D eigenvalue weighted by molar-refractivity contribution is 0.0947. The van der Waals surface area contributed by atoms with Crippen LogP contribution in [-0.2, 0) is 26.1 Å². The molecule has 4 rings (SSSR count). The van der Waals surface area contributed by atoms with Crippen molar-refractivity contribution in [1.82, 2.24) is 24.3 Å². The molecule has 0 saturated heterocycles. The Morgan fingerprint density at radius 2 is 1.97 bits per heavy atom. The third kappa shape index (κ3) is 6.00. The van der Waals surface area contributed by atoms with Crippen LogP contribution < -0.4 is 15.6 Å². The molecular formula is C27H35N5O3. The van der Waals surface area contributed by atoms with E-state index in [1.165, 1.54) is 24.3 Å². The van der Waals surface area contributed by atoms with Gasteiger partial charge in [0.25, 0.3) is 11.5 Å². The molecule has 0 bridgehead atoms. The van der Waals surface area contributed by atoms with Crippen molar-refractivity contribution in [3.8, 4) is 5.75 Å². The first kappa shape index (κ1) is 24.7. The van der Waals surface area contributed by atoms with Gasteiger partial charge in [0.15, 0.2) is 0 Å². The number of carbonyl (C=O) groups is 1. The second-order valence-corrected chi connectivity index (χ2v) is 9.36. The largest absolute Gasteiger partial charge is 0.496 e. The number of aromatic nitrogens is 3. The predicted octanol–water partition coefficient (Wildman–Crippen LogP) is 3.06. The number of benzene rings is 1. The fourth-order valence-corrected chi connectivity index (χ4v) is 4.59. The maximum Gasteiger partial charge on any atom is 0.256 e. The molecule has 2 aromatic heterocycles. The molecule has 186 valence electrons. The first-order chi connectivity index (χ1) is 17.0. The normalized spacial score (nSPS) is 13.9. The summed E-state index contributed by atoms with van der Waals surface area (Å²) >= 11 is 0. The minimum Gasteiger partial charge on any atom is -0.496 e. The highest BCUT2D eigenvalue weighted by Crippen LogP contribution is 2.23. The van der Waals surface area contributed by atoms with Crippen molar-refractivity contribution in [2.75, 3.05) is 26.7 Å². The zero-order valence-electron chi connectivity index (χ0n) is 20.9. The van der Waals surface area contributed by atoms with Gasteiger partial charge in [0, 0.05) is 69.8 Å². The minimum atomic E-state index is -0.200. The second kappa shape index (κ2) is 11.4. The van der Waals surface area contributed by atoms with E-state index >= 15 is 0 Å². The van der Waals surface area contributed by atoms with Crippen molar-refractivity contribution in [3.63, 3.8) is 0 Å². The van der Waals surface area contributed by atoms with Crippen LogP contribution in [0.4, 0.5) is 0 Å². The molecule has 0 saturated carbocycles. The summed E-state index contributed by atoms with van der Waals surface area (Å²) in [5.41, 5.74) is 3.67. The molecule has 1 amide bonds. The molecule has 1 aliphatic heterocycles. The quantitative estimate of drug-likeness (QED) is 0.479. The fourth-order valence-electron chi connectivity index (χ4n) is 4.59. The number of methoxy groups -OCH3 is 1. The summed E-state index contributed by atoms with van der Waals surface area (Å²) in [7, 11) is 1.51. The van der Waals surface area contributed by atoms with Gasteiger partial charge in [0.2, 0.25) is 0 Å². The molecular weight excluding hydrogens is 442 g/mol. The van der Waals surface area contributed by atoms with Gasteiger partial charge >= 0.3 is 0 Å². The van der Waals surface area contributed by atoms with Crippen molar-refractivity contribution in [2.24, 2.45) is 0 Å². The van der Waals surface area contributed by atoms with E-state index in [9.17, 15) is 9.59 Å². The van der Waals surface area contributed by atoms with E-state index in [0.717, 1.165) is 38.3 Å². The Morgan fingerprint density at radius 1 is 1.17 bits per heavy atom. The van der Waals surface area contributed by atoms with Crippen LogP contribution in [0.2, 0.25) is 0 Å². The Balaban J connectivity index is 1.46. The van der Waals surface area contributed by atoms with Crippen LogP contribution in [-0.4, -0.2) is 51.7 Å². The molecule has 0 unspecified atom stereocenters. The highest BCUT2D eigenvalue weighted by Gasteiger charge is 2.25. The number of fused-ring (bicyclic) bond motifs is 1. The number of aryl methyl sites for hydroxylation is 1. The topological polar surface area (TPSA) is 81.4 Å². The van der Waals surface area contributed by atoms with Crippen molar-refractivity contribution in [2.45, 2.75) is 52.2 Å². The number of amides is 1. The Labute approximate surface area is 206 Å². The van der Waals surface area contributed by atoms with Crippen LogP contribution in [0.3, 0.4) is 0 Å². The first-order valence-electron chi connectivity index (χ1n) is 12.3. The Hall–Kier alpha value is -3.39. The average molecular weight is 478 g/mol. The maximum atomic E-state index is 13.2. The van der Waals surface area contributed by atoms with Crippen LogP contribution in [0.5, 0.6) is 5.75 Å². The number of pyridine rings is 1. The molecule has 3 heterocycles. The predicted molar refractivity (Wildman–Crippen MR) is 136 cm³/mol. The van der Waals surface area contributed by atoms with Crippen molar-refractivity contribution < 1.29 is 9.53 Å². The highest BCUT2D eigenvalue weighted by atomic mass is 16.5. The van der Waals surface area contributed by atoms with Crippen molar-refractivity contribution in [3.05, 3.63) is 81.8 Å². The molecule has 3 aromatic rings. The van der Waals surface area contributed by atoms with Gasteiger partial charge in [-0.25, -0.2) is 4.98 Å². The molecule has 0 radical (unpaired) electrons. The van der Waals surface area contributed by atoms with Crippen LogP contribution >= 0.6 is 0 Å². The van der Waals surface area contributed by atoms with Crippen LogP contribution in [0.25, 0.3) is 0 Å². The van der Waals surface area contributed by atoms with Gasteiger partial charge < -0.3 is 19.2 Å². The Morgan fingerprint density at radius 3 is 2.66 bits per heavy atom. The van der Waals surface area contributed by atoms with Gasteiger partial charge in [-0.1, -0.05) is 38.1 Å². The third-order valence-electron chi connectivity index (χ3n) is 6.62. The van der Waals surface area contributed by atoms with Gasteiger partial charge in [-0.2, -0.15) is 0 Å². The zero-order valence-corrected chi connectivity index (χ0v) is 20.9. The second-order valence-electron chi connectivity index (χ2n) is 9.36. The molecule has 1 aromatic carbocycles. The molecule has 0 aliphatic carbocycles. The summed E-state index contributed by atoms with van der Waals surface area (Å²) in [4.78, 5) is 32.4. The van der Waals surface area contributed by atoms with Gasteiger partial charge in [-0.15, -0.1) is 0 Å². The number of hydrogen-bond acceptors (Lipinski definition) is 5. The average Bonchev–Trinajstić information content (AvgIpc) is 3.29. The standard InChI is InChI=1S/C27H35N5O3/c1-20(2)22-7-5-21(6-8-22)18-30-13-9-23-26(24(35-3)17-25(33)32(23)16-15-30)27(34)29-10-4-12-31-14-11-28-19-31/h5-8,11,14,17,19-20H,4,9-10,12-13,15-16,18H2,1-3H3,(H,29,34). The van der Waals surface area contributed by atoms with Crippen LogP contribution in [0.15, 0.2) is 53.8 Å². The summed E-state index contributed by atoms with van der Waals surface area (Å²) in [6.07, 6.45) is 6.79. The van der Waals surface area contributed by atoms with E-state index < -0.39 is 0 Å². The third-order valence-corrected chi connectivity index (χ3v) is 6.62. The van der Waals surface area contributed by atoms with Crippen molar-refractivity contribution >= 4 is 5.91 Å². The molecule has 8 nitrogen and oxygen atoms in total. The number of carbonyl (C=O) groups excluding carboxylic acids is 1. The van der Waals surface area contributed by atoms with Gasteiger partial charge in [0.1, 0.15) is 11.3 Å². The number of rotatable bonds is 9. The smallest absolute Gasteiger partial charge is 0.256 e. The minimum absolute atomic E-state index is 0.128. The zero-order chi connectivity index (χ0) is 24.8. The molecule has 0 fully saturated rings. The summed E-state index contributed by atoms with van der Waals surface area (Å²) in [5, 5.41) is 3.01. The first-order valence-corrected chi connectivity index (χ1v) is 12.3. The molecule has 1 N–H and O–H groups in total. The van der Waals surface area contributed by atoms with E-state index in [1.54, 1.807) is 17.1 Å². The van der Waals surface area contributed by atoms with Gasteiger partial charge in [-0.3, -0.25) is 14.5 Å². The van der Waals surface area contributed by atoms with Gasteiger partial charge in [0.05, 0.1) is 13.4 Å². The Kier molecular flexibility index (Phi) is 8.02. The lowest BCUT2D eigenvalue weighted by Crippen LogP contribution is -2.32. The van der Waals surface area contributed by atoms with Crippen LogP contribution in [0, 0.1) is 0 Å². The number of nitrogens with zero attached hydrogens (tertiary/aromatic N) is 4. The Bertz CT molecular complexity index is 1180. The summed E-state index contributed by atoms with van der Waals surface area (Å²) in [6, 6.07) is 10.2. The summed E-state index contributed by atoms with van der Waals surface area (Å²) < 4.78 is 9.19. The van der Waals surface area contributed by atoms with E-state index in [-0.39, 0.29) is 11.5 Å². The monoisotopic (exact) mass is 477 g/mol. The molecule has 1 aliphatic rings. The lowest BCUT2D eigenvalue weighted by atomic mass is 10.0. The SMILES string of the molecule is COc1cc(=O)n2c(c1C(=O)NCCCn1ccnc1)CCN(Cc1ccc(C(C)C)cc1)CC2. The highest BCUT2D eigenvalue weighted by molar-refractivity contribution is 5.98. The maximum absolute atomic E-state index is 13.2. The van der Waals surface area contributed by atoms with E-state index in [4.69, 9.17) is 4.74 Å². The molecule has 0 atom stereocenters. The van der Waals surface area contributed by atoms with Gasteiger partial charge in [-0.05, 0) is 23.5 Å². The molecule has 35 heavy (non-hydrogen) atoms. The van der Waals surface area contributed by atoms with Crippen LogP contribution in [0.1, 0.15) is 53.4 Å². The number of ether oxygens (including phenoxy) is 1. The van der Waals surface area contributed by atoms with E-state index in [2.05, 4.69) is 53.3 Å². The summed E-state index contributed by atoms with van der Waals surface area (Å²) in [6.45, 7) is 8.56. The lowest BCUT2D eigenvalue weighted by Gasteiger charge is -2.19. The number of hydrogen-bond donors (Lipinski definition) is 1. The summed E-state index contributed by atoms with van der Waals surface area (Å²) in [5.74, 6) is 0.647.